The molecule has 0 aliphatic heterocycles. The Bertz CT molecular complexity index is 2270. The molecule has 0 spiro atoms. The van der Waals surface area contributed by atoms with Crippen LogP contribution in [0.3, 0.4) is 0 Å². The summed E-state index contributed by atoms with van der Waals surface area (Å²) in [6.45, 7) is 0. The van der Waals surface area contributed by atoms with Crippen molar-refractivity contribution in [2.75, 3.05) is 0 Å². The molecule has 9 aromatic rings. The van der Waals surface area contributed by atoms with Gasteiger partial charge in [-0.05, 0) is 98.3 Å². The number of hydrogen-bond acceptors (Lipinski definition) is 0. The number of benzene rings is 9. The van der Waals surface area contributed by atoms with Crippen molar-refractivity contribution in [1.82, 2.24) is 0 Å². The Labute approximate surface area is 219 Å². The summed E-state index contributed by atoms with van der Waals surface area (Å²) in [5.74, 6) is 0. The Hall–Kier alpha value is -4.94. The van der Waals surface area contributed by atoms with Crippen LogP contribution in [-0.4, -0.2) is 0 Å². The molecule has 0 aliphatic carbocycles. The van der Waals surface area contributed by atoms with Gasteiger partial charge >= 0.3 is 0 Å². The normalized spacial score (nSPS) is 12.2. The zero-order valence-electron chi connectivity index (χ0n) is 20.7. The minimum absolute atomic E-state index is 1.29. The molecule has 0 bridgehead atoms. The third-order valence-electron chi connectivity index (χ3n) is 8.60. The van der Waals surface area contributed by atoms with E-state index in [1.54, 1.807) is 0 Å². The van der Waals surface area contributed by atoms with Gasteiger partial charge in [-0.25, -0.2) is 0 Å². The zero-order chi connectivity index (χ0) is 24.8. The molecule has 0 unspecified atom stereocenters. The van der Waals surface area contributed by atoms with Crippen LogP contribution in [0.2, 0.25) is 0 Å². The van der Waals surface area contributed by atoms with Crippen LogP contribution in [0.4, 0.5) is 0 Å². The van der Waals surface area contributed by atoms with E-state index in [9.17, 15) is 0 Å². The zero-order valence-corrected chi connectivity index (χ0v) is 20.7. The monoisotopic (exact) mass is 478 g/mol. The first-order valence-electron chi connectivity index (χ1n) is 13.3. The highest BCUT2D eigenvalue weighted by Gasteiger charge is 2.11. The van der Waals surface area contributed by atoms with Crippen LogP contribution in [0.5, 0.6) is 0 Å². The fraction of sp³-hybridized carbons (Fsp3) is 0. The van der Waals surface area contributed by atoms with Gasteiger partial charge in [0.05, 0.1) is 0 Å². The molecule has 0 saturated carbocycles. The van der Waals surface area contributed by atoms with Crippen LogP contribution in [0.1, 0.15) is 0 Å². The molecule has 0 heterocycles. The van der Waals surface area contributed by atoms with Crippen molar-refractivity contribution in [2.24, 2.45) is 0 Å². The average molecular weight is 479 g/mol. The predicted molar refractivity (Wildman–Crippen MR) is 166 cm³/mol. The lowest BCUT2D eigenvalue weighted by Crippen LogP contribution is -1.85. The highest BCUT2D eigenvalue weighted by molar-refractivity contribution is 6.26. The lowest BCUT2D eigenvalue weighted by molar-refractivity contribution is 1.78. The lowest BCUT2D eigenvalue weighted by Gasteiger charge is -2.13. The van der Waals surface area contributed by atoms with Crippen LogP contribution >= 0.6 is 0 Å². The van der Waals surface area contributed by atoms with Crippen molar-refractivity contribution >= 4 is 86.2 Å². The summed E-state index contributed by atoms with van der Waals surface area (Å²) in [5, 5.41) is 21.0. The van der Waals surface area contributed by atoms with E-state index >= 15 is 0 Å². The fourth-order valence-corrected chi connectivity index (χ4v) is 6.77. The van der Waals surface area contributed by atoms with Crippen molar-refractivity contribution in [1.29, 1.82) is 0 Å². The molecule has 9 rings (SSSR count). The van der Waals surface area contributed by atoms with Gasteiger partial charge in [-0.1, -0.05) is 121 Å². The smallest absolute Gasteiger partial charge is 0.00987 e. The first-order valence-corrected chi connectivity index (χ1v) is 13.3. The third-order valence-corrected chi connectivity index (χ3v) is 8.60. The Balaban J connectivity index is 1.35. The summed E-state index contributed by atoms with van der Waals surface area (Å²) in [5.41, 5.74) is 0. The lowest BCUT2D eigenvalue weighted by atomic mass is 9.91. The summed E-state index contributed by atoms with van der Waals surface area (Å²) < 4.78 is 0. The van der Waals surface area contributed by atoms with Gasteiger partial charge in [0.2, 0.25) is 0 Å². The maximum Gasteiger partial charge on any atom is -0.00987 e. The summed E-state index contributed by atoms with van der Waals surface area (Å²) >= 11 is 0. The average Bonchev–Trinajstić information content (AvgIpc) is 2.99. The molecular formula is C38H22. The second-order valence-electron chi connectivity index (χ2n) is 10.5. The summed E-state index contributed by atoms with van der Waals surface area (Å²) in [6, 6.07) is 49.7. The third kappa shape index (κ3) is 2.64. The van der Waals surface area contributed by atoms with E-state index in [1.807, 2.05) is 0 Å². The summed E-state index contributed by atoms with van der Waals surface area (Å²) in [6.07, 6.45) is 0. The molecule has 0 aromatic heterocycles. The molecular weight excluding hydrogens is 456 g/mol. The molecule has 0 radical (unpaired) electrons. The molecule has 0 fully saturated rings. The number of hydrogen-bond donors (Lipinski definition) is 0. The van der Waals surface area contributed by atoms with Gasteiger partial charge in [-0.15, -0.1) is 0 Å². The largest absolute Gasteiger partial charge is 0.0616 e. The second kappa shape index (κ2) is 7.31. The minimum Gasteiger partial charge on any atom is -0.0616 e. The van der Waals surface area contributed by atoms with Gasteiger partial charge in [-0.3, -0.25) is 0 Å². The molecule has 9 aromatic carbocycles. The van der Waals surface area contributed by atoms with Crippen molar-refractivity contribution in [3.05, 3.63) is 133 Å². The first-order chi connectivity index (χ1) is 18.8. The molecule has 0 amide bonds. The second-order valence-corrected chi connectivity index (χ2v) is 10.5. The van der Waals surface area contributed by atoms with Crippen molar-refractivity contribution in [3.63, 3.8) is 0 Å². The molecule has 0 N–H and O–H groups in total. The van der Waals surface area contributed by atoms with Gasteiger partial charge in [0.1, 0.15) is 0 Å². The standard InChI is InChI=1S/C38H22/c1-3-7-27-23(5-1)9-13-31-29(27)17-19-35-33(31)15-11-25-22-38-26(21-37(25)35)12-16-34-32-14-10-24-6-2-4-8-28(24)30(32)18-20-36(34)38/h1-22H. The predicted octanol–water partition coefficient (Wildman–Crippen LogP) is 10.9. The Kier molecular flexibility index (Phi) is 3.88. The van der Waals surface area contributed by atoms with Gasteiger partial charge in [0, 0.05) is 0 Å². The van der Waals surface area contributed by atoms with Crippen LogP contribution in [0.15, 0.2) is 133 Å². The minimum atomic E-state index is 1.29. The quantitative estimate of drug-likeness (QED) is 0.150. The highest BCUT2D eigenvalue weighted by Crippen LogP contribution is 2.39. The van der Waals surface area contributed by atoms with Crippen LogP contribution in [0, 0.1) is 0 Å². The molecule has 38 heavy (non-hydrogen) atoms. The number of rotatable bonds is 0. The van der Waals surface area contributed by atoms with Gasteiger partial charge in [0.25, 0.3) is 0 Å². The van der Waals surface area contributed by atoms with Gasteiger partial charge < -0.3 is 0 Å². The van der Waals surface area contributed by atoms with Gasteiger partial charge in [-0.2, -0.15) is 0 Å². The topological polar surface area (TPSA) is 0 Å². The van der Waals surface area contributed by atoms with Crippen LogP contribution in [-0.2, 0) is 0 Å². The highest BCUT2D eigenvalue weighted by atomic mass is 14.1. The summed E-state index contributed by atoms with van der Waals surface area (Å²) in [4.78, 5) is 0. The molecule has 0 heteroatoms. The van der Waals surface area contributed by atoms with E-state index < -0.39 is 0 Å². The van der Waals surface area contributed by atoms with E-state index in [4.69, 9.17) is 0 Å². The van der Waals surface area contributed by atoms with Crippen molar-refractivity contribution in [2.45, 2.75) is 0 Å². The Morgan fingerprint density at radius 1 is 0.184 bits per heavy atom. The molecule has 0 aliphatic rings. The van der Waals surface area contributed by atoms with Gasteiger partial charge in [0.15, 0.2) is 0 Å². The molecule has 0 nitrogen and oxygen atoms in total. The SMILES string of the molecule is c1ccc2c(c1)ccc1c2ccc2c3cc4ccc5c(ccc6c7ccccc7ccc65)c4cc3ccc21. The first kappa shape index (κ1) is 20.2. The number of fused-ring (bicyclic) bond motifs is 14. The van der Waals surface area contributed by atoms with E-state index in [2.05, 4.69) is 133 Å². The van der Waals surface area contributed by atoms with E-state index in [1.165, 1.54) is 86.2 Å². The summed E-state index contributed by atoms with van der Waals surface area (Å²) in [7, 11) is 0. The molecule has 0 atom stereocenters. The maximum atomic E-state index is 2.39. The van der Waals surface area contributed by atoms with E-state index in [0.29, 0.717) is 0 Å². The fourth-order valence-electron chi connectivity index (χ4n) is 6.77. The van der Waals surface area contributed by atoms with Crippen molar-refractivity contribution in [3.8, 4) is 0 Å². The Morgan fingerprint density at radius 3 is 0.895 bits per heavy atom. The van der Waals surface area contributed by atoms with E-state index in [0.717, 1.165) is 0 Å². The molecule has 174 valence electrons. The van der Waals surface area contributed by atoms with Crippen molar-refractivity contribution < 1.29 is 0 Å². The van der Waals surface area contributed by atoms with Crippen LogP contribution in [0.25, 0.3) is 86.2 Å². The van der Waals surface area contributed by atoms with E-state index in [-0.39, 0.29) is 0 Å². The maximum absolute atomic E-state index is 2.39. The molecule has 0 saturated heterocycles. The Morgan fingerprint density at radius 2 is 0.474 bits per heavy atom. The van der Waals surface area contributed by atoms with Crippen LogP contribution < -0.4 is 0 Å².